The molecule has 0 unspecified atom stereocenters. The Balaban J connectivity index is 1.77. The van der Waals surface area contributed by atoms with Crippen molar-refractivity contribution in [2.45, 2.75) is 32.5 Å². The third-order valence-electron chi connectivity index (χ3n) is 4.01. The van der Waals surface area contributed by atoms with E-state index in [1.165, 1.54) is 12.3 Å². The van der Waals surface area contributed by atoms with Crippen LogP contribution in [0.4, 0.5) is 13.2 Å². The van der Waals surface area contributed by atoms with Crippen molar-refractivity contribution in [3.8, 4) is 11.6 Å². The molecule has 2 aromatic rings. The van der Waals surface area contributed by atoms with Crippen molar-refractivity contribution in [2.75, 3.05) is 13.2 Å². The molecule has 0 saturated heterocycles. The lowest BCUT2D eigenvalue weighted by molar-refractivity contribution is -0.154. The second-order valence-electron chi connectivity index (χ2n) is 6.42. The minimum absolute atomic E-state index is 0.119. The highest BCUT2D eigenvalue weighted by Gasteiger charge is 2.28. The van der Waals surface area contributed by atoms with E-state index in [0.717, 1.165) is 5.75 Å². The van der Waals surface area contributed by atoms with Crippen LogP contribution in [0.1, 0.15) is 31.9 Å². The number of alkyl halides is 3. The van der Waals surface area contributed by atoms with Gasteiger partial charge in [-0.3, -0.25) is 4.79 Å². The normalized spacial score (nSPS) is 13.5. The van der Waals surface area contributed by atoms with E-state index >= 15 is 0 Å². The molecule has 2 atom stereocenters. The van der Waals surface area contributed by atoms with Gasteiger partial charge in [0.1, 0.15) is 5.75 Å². The summed E-state index contributed by atoms with van der Waals surface area (Å²) in [6.45, 7) is 2.61. The maximum absolute atomic E-state index is 12.3. The van der Waals surface area contributed by atoms with Gasteiger partial charge in [-0.2, -0.15) is 13.2 Å². The van der Waals surface area contributed by atoms with Crippen LogP contribution in [-0.4, -0.2) is 30.3 Å². The third kappa shape index (κ3) is 7.46. The number of ether oxygens (including phenoxy) is 2. The Labute approximate surface area is 161 Å². The standard InChI is InChI=1S/C20H23F3N2O3/c1-14(10-11-27-17-6-4-3-5-7-17)19(26)25-15(2)16-8-9-18(24-12-16)28-13-20(21,22)23/h3-9,12,14-15H,10-11,13H2,1-2H3,(H,25,26)/t14-,15+/m0/s1. The van der Waals surface area contributed by atoms with Crippen molar-refractivity contribution in [1.29, 1.82) is 0 Å². The summed E-state index contributed by atoms with van der Waals surface area (Å²) in [5, 5.41) is 2.87. The van der Waals surface area contributed by atoms with Crippen LogP contribution < -0.4 is 14.8 Å². The number of nitrogens with one attached hydrogen (secondary N) is 1. The summed E-state index contributed by atoms with van der Waals surface area (Å²) in [6.07, 6.45) is -2.47. The van der Waals surface area contributed by atoms with Gasteiger partial charge < -0.3 is 14.8 Å². The van der Waals surface area contributed by atoms with Crippen molar-refractivity contribution in [3.63, 3.8) is 0 Å². The van der Waals surface area contributed by atoms with Crippen LogP contribution in [-0.2, 0) is 4.79 Å². The summed E-state index contributed by atoms with van der Waals surface area (Å²) < 4.78 is 46.6. The fraction of sp³-hybridized carbons (Fsp3) is 0.400. The first kappa shape index (κ1) is 21.5. The van der Waals surface area contributed by atoms with Gasteiger partial charge in [-0.25, -0.2) is 4.98 Å². The van der Waals surface area contributed by atoms with Crippen molar-refractivity contribution >= 4 is 5.91 Å². The average molecular weight is 396 g/mol. The number of nitrogens with zero attached hydrogens (tertiary/aromatic N) is 1. The molecule has 1 amide bonds. The number of carbonyl (C=O) groups excluding carboxylic acids is 1. The number of halogens is 3. The highest BCUT2D eigenvalue weighted by atomic mass is 19.4. The quantitative estimate of drug-likeness (QED) is 0.686. The molecule has 2 rings (SSSR count). The smallest absolute Gasteiger partial charge is 0.422 e. The Morgan fingerprint density at radius 2 is 1.82 bits per heavy atom. The zero-order valence-corrected chi connectivity index (χ0v) is 15.7. The van der Waals surface area contributed by atoms with Crippen molar-refractivity contribution < 1.29 is 27.4 Å². The van der Waals surface area contributed by atoms with E-state index in [1.54, 1.807) is 13.0 Å². The summed E-state index contributed by atoms with van der Waals surface area (Å²) in [5.74, 6) is 0.239. The van der Waals surface area contributed by atoms with E-state index in [9.17, 15) is 18.0 Å². The van der Waals surface area contributed by atoms with Gasteiger partial charge in [0.05, 0.1) is 12.6 Å². The van der Waals surface area contributed by atoms with Gasteiger partial charge in [0.2, 0.25) is 11.8 Å². The second-order valence-corrected chi connectivity index (χ2v) is 6.42. The zero-order valence-electron chi connectivity index (χ0n) is 15.7. The van der Waals surface area contributed by atoms with Gasteiger partial charge >= 0.3 is 6.18 Å². The Morgan fingerprint density at radius 3 is 2.43 bits per heavy atom. The van der Waals surface area contributed by atoms with Crippen LogP contribution in [0.2, 0.25) is 0 Å². The Bertz CT molecular complexity index is 737. The van der Waals surface area contributed by atoms with Crippen LogP contribution in [0, 0.1) is 5.92 Å². The molecule has 1 N–H and O–H groups in total. The number of amides is 1. The van der Waals surface area contributed by atoms with Crippen molar-refractivity contribution in [3.05, 3.63) is 54.2 Å². The van der Waals surface area contributed by atoms with Crippen LogP contribution in [0.5, 0.6) is 11.6 Å². The summed E-state index contributed by atoms with van der Waals surface area (Å²) in [5.41, 5.74) is 0.667. The number of carbonyl (C=O) groups is 1. The Morgan fingerprint density at radius 1 is 1.11 bits per heavy atom. The largest absolute Gasteiger partial charge is 0.494 e. The van der Waals surface area contributed by atoms with E-state index in [4.69, 9.17) is 4.74 Å². The molecular formula is C20H23F3N2O3. The molecule has 0 saturated carbocycles. The fourth-order valence-corrected chi connectivity index (χ4v) is 2.33. The molecule has 0 spiro atoms. The molecule has 0 bridgehead atoms. The number of rotatable bonds is 9. The lowest BCUT2D eigenvalue weighted by atomic mass is 10.1. The summed E-state index contributed by atoms with van der Waals surface area (Å²) >= 11 is 0. The molecule has 5 nitrogen and oxygen atoms in total. The molecule has 0 radical (unpaired) electrons. The van der Waals surface area contributed by atoms with Gasteiger partial charge in [0.25, 0.3) is 0 Å². The first-order valence-corrected chi connectivity index (χ1v) is 8.88. The number of hydrogen-bond acceptors (Lipinski definition) is 4. The van der Waals surface area contributed by atoms with E-state index < -0.39 is 12.8 Å². The van der Waals surface area contributed by atoms with Gasteiger partial charge in [0, 0.05) is 18.2 Å². The summed E-state index contributed by atoms with van der Waals surface area (Å²) in [6, 6.07) is 11.9. The maximum Gasteiger partial charge on any atom is 0.422 e. The van der Waals surface area contributed by atoms with E-state index in [-0.39, 0.29) is 23.7 Å². The highest BCUT2D eigenvalue weighted by molar-refractivity contribution is 5.78. The molecule has 0 aliphatic carbocycles. The molecule has 1 aromatic heterocycles. The number of pyridine rings is 1. The molecule has 28 heavy (non-hydrogen) atoms. The minimum Gasteiger partial charge on any atom is -0.494 e. The maximum atomic E-state index is 12.3. The van der Waals surface area contributed by atoms with Crippen LogP contribution in [0.25, 0.3) is 0 Å². The summed E-state index contributed by atoms with van der Waals surface area (Å²) in [7, 11) is 0. The molecule has 0 fully saturated rings. The predicted octanol–water partition coefficient (Wildman–Crippen LogP) is 4.31. The Kier molecular flexibility index (Phi) is 7.66. The van der Waals surface area contributed by atoms with Gasteiger partial charge in [-0.1, -0.05) is 31.2 Å². The third-order valence-corrected chi connectivity index (χ3v) is 4.01. The van der Waals surface area contributed by atoms with E-state index in [1.807, 2.05) is 37.3 Å². The molecule has 8 heteroatoms. The SMILES string of the molecule is C[C@@H](CCOc1ccccc1)C(=O)N[C@H](C)c1ccc(OCC(F)(F)F)nc1. The molecule has 1 heterocycles. The highest BCUT2D eigenvalue weighted by Crippen LogP contribution is 2.19. The van der Waals surface area contributed by atoms with E-state index in [0.29, 0.717) is 18.6 Å². The lowest BCUT2D eigenvalue weighted by Gasteiger charge is -2.18. The number of aromatic nitrogens is 1. The van der Waals surface area contributed by atoms with Crippen LogP contribution in [0.3, 0.4) is 0 Å². The van der Waals surface area contributed by atoms with Crippen molar-refractivity contribution in [2.24, 2.45) is 5.92 Å². The number of benzene rings is 1. The minimum atomic E-state index is -4.41. The van der Waals surface area contributed by atoms with E-state index in [2.05, 4.69) is 15.0 Å². The average Bonchev–Trinajstić information content (AvgIpc) is 2.67. The lowest BCUT2D eigenvalue weighted by Crippen LogP contribution is -2.32. The number of hydrogen-bond donors (Lipinski definition) is 1. The fourth-order valence-electron chi connectivity index (χ4n) is 2.33. The van der Waals surface area contributed by atoms with Gasteiger partial charge in [-0.05, 0) is 31.0 Å². The second kappa shape index (κ2) is 9.96. The van der Waals surface area contributed by atoms with Gasteiger partial charge in [0.15, 0.2) is 6.61 Å². The topological polar surface area (TPSA) is 60.5 Å². The summed E-state index contributed by atoms with van der Waals surface area (Å²) in [4.78, 5) is 16.2. The van der Waals surface area contributed by atoms with Crippen LogP contribution in [0.15, 0.2) is 48.7 Å². The molecule has 1 aromatic carbocycles. The monoisotopic (exact) mass is 396 g/mol. The van der Waals surface area contributed by atoms with Crippen molar-refractivity contribution in [1.82, 2.24) is 10.3 Å². The first-order chi connectivity index (χ1) is 13.2. The Hall–Kier alpha value is -2.77. The first-order valence-electron chi connectivity index (χ1n) is 8.88. The molecular weight excluding hydrogens is 373 g/mol. The molecule has 0 aliphatic heterocycles. The molecule has 0 aliphatic rings. The predicted molar refractivity (Wildman–Crippen MR) is 98.1 cm³/mol. The van der Waals surface area contributed by atoms with Crippen LogP contribution >= 0.6 is 0 Å². The van der Waals surface area contributed by atoms with Gasteiger partial charge in [-0.15, -0.1) is 0 Å². The molecule has 152 valence electrons. The zero-order chi connectivity index (χ0) is 20.6. The number of para-hydroxylation sites is 1.